The molecule has 1 amide bonds. The largest absolute Gasteiger partial charge is 0.480 e. The summed E-state index contributed by atoms with van der Waals surface area (Å²) in [5.74, 6) is -1.46. The van der Waals surface area contributed by atoms with Crippen LogP contribution >= 0.6 is 23.2 Å². The molecule has 144 valence electrons. The van der Waals surface area contributed by atoms with Gasteiger partial charge in [-0.3, -0.25) is 14.5 Å². The van der Waals surface area contributed by atoms with Crippen molar-refractivity contribution in [1.29, 1.82) is 0 Å². The van der Waals surface area contributed by atoms with Gasteiger partial charge in [-0.05, 0) is 37.7 Å². The molecule has 0 spiro atoms. The van der Waals surface area contributed by atoms with E-state index in [1.807, 2.05) is 0 Å². The lowest BCUT2D eigenvalue weighted by Crippen LogP contribution is -2.42. The van der Waals surface area contributed by atoms with E-state index >= 15 is 0 Å². The van der Waals surface area contributed by atoms with Gasteiger partial charge in [0, 0.05) is 18.8 Å². The van der Waals surface area contributed by atoms with Crippen LogP contribution in [-0.2, 0) is 14.3 Å². The number of amides is 1. The van der Waals surface area contributed by atoms with Gasteiger partial charge in [-0.25, -0.2) is 0 Å². The van der Waals surface area contributed by atoms with Crippen LogP contribution in [0.3, 0.4) is 0 Å². The van der Waals surface area contributed by atoms with Crippen molar-refractivity contribution in [3.05, 3.63) is 28.2 Å². The van der Waals surface area contributed by atoms with Crippen molar-refractivity contribution < 1.29 is 19.4 Å². The third kappa shape index (κ3) is 7.09. The first-order valence-corrected chi connectivity index (χ1v) is 9.22. The smallest absolute Gasteiger partial charge is 0.321 e. The second-order valence-electron chi connectivity index (χ2n) is 6.03. The lowest BCUT2D eigenvalue weighted by atomic mass is 10.2. The number of carbonyl (C=O) groups excluding carboxylic acids is 1. The van der Waals surface area contributed by atoms with Gasteiger partial charge in [-0.2, -0.15) is 0 Å². The Bertz CT molecular complexity index is 624. The fraction of sp³-hybridized carbons (Fsp3) is 0.529. The van der Waals surface area contributed by atoms with Gasteiger partial charge in [-0.1, -0.05) is 23.2 Å². The summed E-state index contributed by atoms with van der Waals surface area (Å²) < 4.78 is 5.29. The normalized spacial score (nSPS) is 16.2. The van der Waals surface area contributed by atoms with Gasteiger partial charge in [0.15, 0.2) is 0 Å². The molecule has 1 aliphatic rings. The van der Waals surface area contributed by atoms with Gasteiger partial charge >= 0.3 is 5.97 Å². The van der Waals surface area contributed by atoms with Crippen molar-refractivity contribution in [2.24, 2.45) is 0 Å². The van der Waals surface area contributed by atoms with Gasteiger partial charge in [0.25, 0.3) is 0 Å². The summed E-state index contributed by atoms with van der Waals surface area (Å²) in [6.45, 7) is 4.66. The minimum absolute atomic E-state index is 0.173. The fourth-order valence-corrected chi connectivity index (χ4v) is 2.92. The van der Waals surface area contributed by atoms with Crippen LogP contribution in [0.2, 0.25) is 10.0 Å². The fourth-order valence-electron chi connectivity index (χ4n) is 2.62. The first-order valence-electron chi connectivity index (χ1n) is 8.47. The van der Waals surface area contributed by atoms with Crippen LogP contribution in [0, 0.1) is 0 Å². The Morgan fingerprint density at radius 1 is 1.23 bits per heavy atom. The minimum Gasteiger partial charge on any atom is -0.480 e. The molecule has 2 rings (SSSR count). The van der Waals surface area contributed by atoms with Crippen molar-refractivity contribution in [3.8, 4) is 0 Å². The van der Waals surface area contributed by atoms with Crippen molar-refractivity contribution >= 4 is 40.8 Å². The van der Waals surface area contributed by atoms with Crippen LogP contribution < -0.4 is 10.6 Å². The van der Waals surface area contributed by atoms with Gasteiger partial charge in [0.2, 0.25) is 5.91 Å². The molecule has 1 heterocycles. The molecule has 7 nitrogen and oxygen atoms in total. The molecule has 0 saturated carbocycles. The molecule has 1 atom stereocenters. The summed E-state index contributed by atoms with van der Waals surface area (Å²) in [5, 5.41) is 15.6. The predicted molar refractivity (Wildman–Crippen MR) is 101 cm³/mol. The van der Waals surface area contributed by atoms with Crippen LogP contribution in [0.4, 0.5) is 5.69 Å². The Kier molecular flexibility index (Phi) is 8.61. The molecule has 0 aromatic heterocycles. The van der Waals surface area contributed by atoms with Crippen LogP contribution in [0.15, 0.2) is 18.2 Å². The summed E-state index contributed by atoms with van der Waals surface area (Å²) in [6.07, 6.45) is 0.630. The molecule has 1 fully saturated rings. The number of aliphatic carboxylic acids is 1. The van der Waals surface area contributed by atoms with E-state index in [-0.39, 0.29) is 6.42 Å². The van der Waals surface area contributed by atoms with E-state index in [9.17, 15) is 14.7 Å². The SMILES string of the molecule is O=C(C[C@@H](NCCCN1CCOCC1)C(=O)O)Nc1ccc(Cl)c(Cl)c1. The maximum Gasteiger partial charge on any atom is 0.321 e. The number of ether oxygens (including phenoxy) is 1. The average molecular weight is 404 g/mol. The summed E-state index contributed by atoms with van der Waals surface area (Å²) in [4.78, 5) is 25.7. The van der Waals surface area contributed by atoms with Crippen LogP contribution in [0.1, 0.15) is 12.8 Å². The van der Waals surface area contributed by atoms with Crippen molar-refractivity contribution in [2.75, 3.05) is 44.7 Å². The van der Waals surface area contributed by atoms with E-state index in [1.54, 1.807) is 12.1 Å². The number of nitrogens with zero attached hydrogens (tertiary/aromatic N) is 1. The number of halogens is 2. The highest BCUT2D eigenvalue weighted by Crippen LogP contribution is 2.25. The number of morpholine rings is 1. The maximum absolute atomic E-state index is 12.1. The molecule has 0 aliphatic carbocycles. The number of carboxylic acids is 1. The van der Waals surface area contributed by atoms with E-state index in [0.29, 0.717) is 22.3 Å². The van der Waals surface area contributed by atoms with Crippen LogP contribution in [0.25, 0.3) is 0 Å². The van der Waals surface area contributed by atoms with Crippen LogP contribution in [0.5, 0.6) is 0 Å². The Morgan fingerprint density at radius 3 is 2.62 bits per heavy atom. The molecular weight excluding hydrogens is 381 g/mol. The summed E-state index contributed by atoms with van der Waals surface area (Å²) >= 11 is 11.7. The molecular formula is C17H23Cl2N3O4. The molecule has 26 heavy (non-hydrogen) atoms. The molecule has 1 saturated heterocycles. The highest BCUT2D eigenvalue weighted by molar-refractivity contribution is 6.42. The van der Waals surface area contributed by atoms with Gasteiger partial charge in [0.1, 0.15) is 6.04 Å². The van der Waals surface area contributed by atoms with Crippen molar-refractivity contribution in [3.63, 3.8) is 0 Å². The zero-order valence-corrected chi connectivity index (χ0v) is 15.9. The van der Waals surface area contributed by atoms with E-state index in [0.717, 1.165) is 39.3 Å². The van der Waals surface area contributed by atoms with E-state index in [2.05, 4.69) is 15.5 Å². The lowest BCUT2D eigenvalue weighted by Gasteiger charge is -2.26. The minimum atomic E-state index is -1.05. The summed E-state index contributed by atoms with van der Waals surface area (Å²) in [6, 6.07) is 3.76. The zero-order valence-electron chi connectivity index (χ0n) is 14.3. The number of anilines is 1. The number of nitrogens with one attached hydrogen (secondary N) is 2. The average Bonchev–Trinajstić information content (AvgIpc) is 2.61. The third-order valence-corrected chi connectivity index (χ3v) is 4.78. The number of carbonyl (C=O) groups is 2. The summed E-state index contributed by atoms with van der Waals surface area (Å²) in [5.41, 5.74) is 0.473. The lowest BCUT2D eigenvalue weighted by molar-refractivity contribution is -0.141. The molecule has 1 aromatic rings. The van der Waals surface area contributed by atoms with E-state index in [4.69, 9.17) is 27.9 Å². The standard InChI is InChI=1S/C17H23Cl2N3O4/c18-13-3-2-12(10-14(13)19)21-16(23)11-15(17(24)25)20-4-1-5-22-6-8-26-9-7-22/h2-3,10,15,20H,1,4-9,11H2,(H,21,23)(H,24,25)/t15-/m1/s1. The number of hydrogen-bond donors (Lipinski definition) is 3. The molecule has 0 unspecified atom stereocenters. The van der Waals surface area contributed by atoms with Gasteiger partial charge in [-0.15, -0.1) is 0 Å². The molecule has 1 aliphatic heterocycles. The molecule has 0 radical (unpaired) electrons. The molecule has 9 heteroatoms. The van der Waals surface area contributed by atoms with E-state index in [1.165, 1.54) is 6.07 Å². The maximum atomic E-state index is 12.1. The monoisotopic (exact) mass is 403 g/mol. The number of hydrogen-bond acceptors (Lipinski definition) is 5. The number of benzene rings is 1. The van der Waals surface area contributed by atoms with Crippen LogP contribution in [-0.4, -0.2) is 67.3 Å². The first-order chi connectivity index (χ1) is 12.5. The third-order valence-electron chi connectivity index (χ3n) is 4.04. The highest BCUT2D eigenvalue weighted by Gasteiger charge is 2.21. The van der Waals surface area contributed by atoms with E-state index < -0.39 is 17.9 Å². The Labute approximate surface area is 162 Å². The van der Waals surface area contributed by atoms with Crippen molar-refractivity contribution in [1.82, 2.24) is 10.2 Å². The Morgan fingerprint density at radius 2 is 1.96 bits per heavy atom. The zero-order chi connectivity index (χ0) is 18.9. The molecule has 3 N–H and O–H groups in total. The van der Waals surface area contributed by atoms with Gasteiger partial charge in [0.05, 0.1) is 29.7 Å². The topological polar surface area (TPSA) is 90.9 Å². The Hall–Kier alpha value is -1.38. The second-order valence-corrected chi connectivity index (χ2v) is 6.85. The quantitative estimate of drug-likeness (QED) is 0.546. The second kappa shape index (κ2) is 10.7. The number of carboxylic acid groups (broad SMARTS) is 1. The highest BCUT2D eigenvalue weighted by atomic mass is 35.5. The molecule has 0 bridgehead atoms. The Balaban J connectivity index is 1.74. The van der Waals surface area contributed by atoms with Crippen molar-refractivity contribution in [2.45, 2.75) is 18.9 Å². The van der Waals surface area contributed by atoms with Gasteiger partial charge < -0.3 is 20.5 Å². The first kappa shape index (κ1) is 20.9. The predicted octanol–water partition coefficient (Wildman–Crippen LogP) is 2.09. The summed E-state index contributed by atoms with van der Waals surface area (Å²) in [7, 11) is 0. The number of rotatable bonds is 9. The molecule has 1 aromatic carbocycles.